The lowest BCUT2D eigenvalue weighted by atomic mass is 10.3. The largest absolute Gasteiger partial charge is 0.481 e. The SMILES string of the molecule is O=C(O)Cc1csc(NC(=O)CSc2nnc(SCC(=O)Nc3nc(CC(=O)O)cs3)s2)n1. The van der Waals surface area contributed by atoms with Crippen LogP contribution in [0.4, 0.5) is 10.3 Å². The van der Waals surface area contributed by atoms with Gasteiger partial charge < -0.3 is 20.8 Å². The molecule has 3 aromatic rings. The third kappa shape index (κ3) is 8.69. The first-order valence-electron chi connectivity index (χ1n) is 8.78. The predicted octanol–water partition coefficient (Wildman–Crippen LogP) is 2.17. The molecule has 0 fully saturated rings. The van der Waals surface area contributed by atoms with E-state index < -0.39 is 11.9 Å². The van der Waals surface area contributed by atoms with Crippen molar-refractivity contribution in [3.63, 3.8) is 0 Å². The number of hydrogen-bond acceptors (Lipinski definition) is 13. The number of rotatable bonds is 12. The molecule has 174 valence electrons. The fourth-order valence-corrected chi connectivity index (χ4v) is 6.15. The summed E-state index contributed by atoms with van der Waals surface area (Å²) in [5.41, 5.74) is 0.752. The zero-order valence-corrected chi connectivity index (χ0v) is 20.4. The Morgan fingerprint density at radius 1 is 0.788 bits per heavy atom. The maximum atomic E-state index is 12.1. The second kappa shape index (κ2) is 12.0. The van der Waals surface area contributed by atoms with Crippen molar-refractivity contribution in [3.8, 4) is 0 Å². The first kappa shape index (κ1) is 25.0. The first-order chi connectivity index (χ1) is 15.8. The van der Waals surface area contributed by atoms with E-state index in [1.165, 1.54) is 34.9 Å². The van der Waals surface area contributed by atoms with Gasteiger partial charge in [0.25, 0.3) is 0 Å². The Morgan fingerprint density at radius 3 is 1.61 bits per heavy atom. The second-order valence-electron chi connectivity index (χ2n) is 5.94. The molecule has 3 rings (SSSR count). The molecule has 0 aliphatic rings. The van der Waals surface area contributed by atoms with Gasteiger partial charge in [-0.25, -0.2) is 9.97 Å². The number of hydrogen-bond donors (Lipinski definition) is 4. The lowest BCUT2D eigenvalue weighted by Crippen LogP contribution is -2.14. The fraction of sp³-hybridized carbons (Fsp3) is 0.250. The van der Waals surface area contributed by atoms with Crippen LogP contribution in [0, 0.1) is 0 Å². The molecular weight excluding hydrogens is 533 g/mol. The van der Waals surface area contributed by atoms with Crippen LogP contribution in [0.15, 0.2) is 19.4 Å². The van der Waals surface area contributed by atoms with Crippen molar-refractivity contribution in [2.45, 2.75) is 21.5 Å². The van der Waals surface area contributed by atoms with Crippen LogP contribution in [0.2, 0.25) is 0 Å². The molecule has 0 aliphatic heterocycles. The van der Waals surface area contributed by atoms with Gasteiger partial charge in [0.05, 0.1) is 35.7 Å². The highest BCUT2D eigenvalue weighted by Crippen LogP contribution is 2.29. The topological polar surface area (TPSA) is 184 Å². The van der Waals surface area contributed by atoms with Crippen molar-refractivity contribution in [1.29, 1.82) is 0 Å². The summed E-state index contributed by atoms with van der Waals surface area (Å²) in [7, 11) is 0. The molecule has 33 heavy (non-hydrogen) atoms. The summed E-state index contributed by atoms with van der Waals surface area (Å²) >= 11 is 5.88. The highest BCUT2D eigenvalue weighted by Gasteiger charge is 2.14. The van der Waals surface area contributed by atoms with E-state index in [4.69, 9.17) is 10.2 Å². The third-order valence-corrected chi connectivity index (χ3v) is 8.11. The number of carbonyl (C=O) groups excluding carboxylic acids is 2. The van der Waals surface area contributed by atoms with Gasteiger partial charge in [-0.05, 0) is 0 Å². The molecule has 0 saturated heterocycles. The van der Waals surface area contributed by atoms with Crippen LogP contribution in [0.25, 0.3) is 0 Å². The smallest absolute Gasteiger partial charge is 0.309 e. The van der Waals surface area contributed by atoms with Gasteiger partial charge in [0.1, 0.15) is 0 Å². The van der Waals surface area contributed by atoms with Gasteiger partial charge >= 0.3 is 11.9 Å². The molecular formula is C16H14N6O6S5. The summed E-state index contributed by atoms with van der Waals surface area (Å²) in [6, 6.07) is 0. The summed E-state index contributed by atoms with van der Waals surface area (Å²) in [6.07, 6.45) is -0.417. The molecule has 0 spiro atoms. The zero-order valence-electron chi connectivity index (χ0n) is 16.3. The van der Waals surface area contributed by atoms with Gasteiger partial charge in [0, 0.05) is 10.8 Å². The molecule has 12 nitrogen and oxygen atoms in total. The molecule has 0 aromatic carbocycles. The Bertz CT molecular complexity index is 1070. The molecule has 2 amide bonds. The van der Waals surface area contributed by atoms with E-state index in [1.54, 1.807) is 10.8 Å². The quantitative estimate of drug-likeness (QED) is 0.243. The normalized spacial score (nSPS) is 10.7. The molecule has 0 saturated carbocycles. The van der Waals surface area contributed by atoms with Crippen LogP contribution in [-0.2, 0) is 32.0 Å². The zero-order chi connectivity index (χ0) is 23.8. The second-order valence-corrected chi connectivity index (χ2v) is 11.1. The van der Waals surface area contributed by atoms with Crippen LogP contribution in [-0.4, -0.2) is 65.6 Å². The predicted molar refractivity (Wildman–Crippen MR) is 126 cm³/mol. The van der Waals surface area contributed by atoms with E-state index in [-0.39, 0.29) is 36.2 Å². The lowest BCUT2D eigenvalue weighted by Gasteiger charge is -1.99. The Hall–Kier alpha value is -2.60. The third-order valence-electron chi connectivity index (χ3n) is 3.30. The van der Waals surface area contributed by atoms with Crippen molar-refractivity contribution in [1.82, 2.24) is 20.2 Å². The summed E-state index contributed by atoms with van der Waals surface area (Å²) in [4.78, 5) is 53.5. The maximum Gasteiger partial charge on any atom is 0.309 e. The molecule has 4 N–H and O–H groups in total. The summed E-state index contributed by atoms with van der Waals surface area (Å²) in [5.74, 6) is -2.49. The van der Waals surface area contributed by atoms with E-state index in [0.29, 0.717) is 30.3 Å². The summed E-state index contributed by atoms with van der Waals surface area (Å²) in [6.45, 7) is 0. The van der Waals surface area contributed by atoms with Crippen LogP contribution >= 0.6 is 57.5 Å². The monoisotopic (exact) mass is 546 g/mol. The van der Waals surface area contributed by atoms with Gasteiger partial charge in [0.15, 0.2) is 18.9 Å². The number of carboxylic acids is 2. The Labute approximate surface area is 206 Å². The van der Waals surface area contributed by atoms with Gasteiger partial charge in [-0.2, -0.15) is 0 Å². The van der Waals surface area contributed by atoms with Gasteiger partial charge in [-0.15, -0.1) is 32.9 Å². The van der Waals surface area contributed by atoms with Crippen molar-refractivity contribution in [3.05, 3.63) is 22.1 Å². The number of nitrogens with zero attached hydrogens (tertiary/aromatic N) is 4. The average molecular weight is 547 g/mol. The van der Waals surface area contributed by atoms with E-state index in [1.807, 2.05) is 0 Å². The molecule has 0 atom stereocenters. The lowest BCUT2D eigenvalue weighted by molar-refractivity contribution is -0.137. The summed E-state index contributed by atoms with van der Waals surface area (Å²) < 4.78 is 1.11. The fourth-order valence-electron chi connectivity index (χ4n) is 2.08. The molecule has 0 bridgehead atoms. The molecule has 0 radical (unpaired) electrons. The van der Waals surface area contributed by atoms with E-state index in [2.05, 4.69) is 30.8 Å². The van der Waals surface area contributed by atoms with Crippen LogP contribution < -0.4 is 10.6 Å². The minimum absolute atomic E-state index is 0.0658. The van der Waals surface area contributed by atoms with Crippen LogP contribution in [0.5, 0.6) is 0 Å². The highest BCUT2D eigenvalue weighted by molar-refractivity contribution is 8.03. The number of thioether (sulfide) groups is 2. The number of aromatic nitrogens is 4. The summed E-state index contributed by atoms with van der Waals surface area (Å²) in [5, 5.41) is 34.5. The Morgan fingerprint density at radius 2 is 1.21 bits per heavy atom. The van der Waals surface area contributed by atoms with Crippen molar-refractivity contribution in [2.75, 3.05) is 22.1 Å². The van der Waals surface area contributed by atoms with Gasteiger partial charge in [-0.1, -0.05) is 34.9 Å². The number of thiazole rings is 2. The number of amides is 2. The van der Waals surface area contributed by atoms with Gasteiger partial charge in [0.2, 0.25) is 11.8 Å². The first-order valence-corrected chi connectivity index (χ1v) is 13.3. The minimum Gasteiger partial charge on any atom is -0.481 e. The van der Waals surface area contributed by atoms with Crippen LogP contribution in [0.1, 0.15) is 11.4 Å². The maximum absolute atomic E-state index is 12.1. The Kier molecular flexibility index (Phi) is 9.12. The minimum atomic E-state index is -0.996. The highest BCUT2D eigenvalue weighted by atomic mass is 32.2. The number of aliphatic carboxylic acids is 2. The van der Waals surface area contributed by atoms with E-state index in [9.17, 15) is 19.2 Å². The molecule has 0 unspecified atom stereocenters. The van der Waals surface area contributed by atoms with Gasteiger partial charge in [-0.3, -0.25) is 19.2 Å². The number of nitrogens with one attached hydrogen (secondary N) is 2. The standard InChI is InChI=1S/C16H14N6O6S5/c23-9(19-13-17-7(3-29-13)1-11(25)26)5-31-15-21-22-16(33-15)32-6-10(24)20-14-18-8(4-30-14)2-12(27)28/h3-4H,1-2,5-6H2,(H,25,26)(H,27,28)(H,17,19,23)(H,18,20,24). The number of carbonyl (C=O) groups is 4. The van der Waals surface area contributed by atoms with E-state index in [0.717, 1.165) is 22.7 Å². The van der Waals surface area contributed by atoms with Crippen molar-refractivity contribution in [2.24, 2.45) is 0 Å². The van der Waals surface area contributed by atoms with E-state index >= 15 is 0 Å². The van der Waals surface area contributed by atoms with Crippen LogP contribution in [0.3, 0.4) is 0 Å². The number of carboxylic acid groups (broad SMARTS) is 2. The average Bonchev–Trinajstić information content (AvgIpc) is 3.46. The Balaban J connectivity index is 1.38. The molecule has 3 aromatic heterocycles. The van der Waals surface area contributed by atoms with Crippen molar-refractivity contribution >= 4 is 91.6 Å². The molecule has 3 heterocycles. The number of anilines is 2. The molecule has 17 heteroatoms. The van der Waals surface area contributed by atoms with Crippen molar-refractivity contribution < 1.29 is 29.4 Å². The molecule has 0 aliphatic carbocycles.